The Hall–Kier alpha value is -7.20. The van der Waals surface area contributed by atoms with Crippen LogP contribution in [-0.4, -0.2) is 9.97 Å². The number of aromatic nitrogens is 2. The van der Waals surface area contributed by atoms with Crippen molar-refractivity contribution in [2.45, 2.75) is 12.3 Å². The number of hydrogen-bond acceptors (Lipinski definition) is 3. The molecule has 0 saturated carbocycles. The third-order valence-electron chi connectivity index (χ3n) is 12.6. The minimum atomic E-state index is -0.300. The van der Waals surface area contributed by atoms with E-state index in [-0.39, 0.29) is 5.41 Å². The van der Waals surface area contributed by atoms with Gasteiger partial charge in [-0.2, -0.15) is 0 Å². The van der Waals surface area contributed by atoms with E-state index in [4.69, 9.17) is 9.97 Å². The molecule has 0 aliphatic heterocycles. The molecule has 59 heavy (non-hydrogen) atoms. The molecule has 1 aliphatic rings. The van der Waals surface area contributed by atoms with Crippen molar-refractivity contribution in [3.63, 3.8) is 0 Å². The Labute approximate surface area is 346 Å². The molecule has 0 saturated heterocycles. The van der Waals surface area contributed by atoms with E-state index in [1.807, 2.05) is 17.4 Å². The van der Waals surface area contributed by atoms with Gasteiger partial charge in [0.25, 0.3) is 0 Å². The van der Waals surface area contributed by atoms with Gasteiger partial charge in [-0.3, -0.25) is 0 Å². The first kappa shape index (κ1) is 33.9. The maximum Gasteiger partial charge on any atom is 0.160 e. The van der Waals surface area contributed by atoms with Crippen LogP contribution < -0.4 is 0 Å². The van der Waals surface area contributed by atoms with E-state index in [9.17, 15) is 0 Å². The van der Waals surface area contributed by atoms with Gasteiger partial charge in [0.2, 0.25) is 0 Å². The molecular formula is C56H36N2S. The van der Waals surface area contributed by atoms with E-state index in [1.165, 1.54) is 75.1 Å². The van der Waals surface area contributed by atoms with Gasteiger partial charge in [-0.05, 0) is 86.3 Å². The van der Waals surface area contributed by atoms with Gasteiger partial charge in [0, 0.05) is 47.7 Å². The van der Waals surface area contributed by atoms with Gasteiger partial charge in [0.1, 0.15) is 0 Å². The summed E-state index contributed by atoms with van der Waals surface area (Å²) in [7, 11) is 0. The molecule has 0 N–H and O–H groups in total. The first-order chi connectivity index (χ1) is 29.1. The van der Waals surface area contributed by atoms with Crippen molar-refractivity contribution in [1.82, 2.24) is 9.97 Å². The zero-order valence-corrected chi connectivity index (χ0v) is 33.2. The lowest BCUT2D eigenvalue weighted by Gasteiger charge is -2.28. The molecule has 1 atom stereocenters. The predicted molar refractivity (Wildman–Crippen MR) is 249 cm³/mol. The summed E-state index contributed by atoms with van der Waals surface area (Å²) < 4.78 is 2.64. The topological polar surface area (TPSA) is 25.8 Å². The average Bonchev–Trinajstić information content (AvgIpc) is 3.82. The number of benzene rings is 9. The molecule has 0 bridgehead atoms. The summed E-state index contributed by atoms with van der Waals surface area (Å²) in [5, 5.41) is 7.80. The van der Waals surface area contributed by atoms with Crippen LogP contribution in [0.2, 0.25) is 0 Å². The second kappa shape index (κ2) is 13.2. The molecule has 1 aliphatic carbocycles. The highest BCUT2D eigenvalue weighted by Crippen LogP contribution is 2.55. The zero-order chi connectivity index (χ0) is 39.1. The van der Waals surface area contributed by atoms with Crippen LogP contribution >= 0.6 is 11.3 Å². The summed E-state index contributed by atoms with van der Waals surface area (Å²) in [5.74, 6) is 0.712. The molecule has 3 heteroatoms. The van der Waals surface area contributed by atoms with Crippen molar-refractivity contribution >= 4 is 53.1 Å². The van der Waals surface area contributed by atoms with Crippen LogP contribution in [0.15, 0.2) is 200 Å². The Balaban J connectivity index is 1.01. The van der Waals surface area contributed by atoms with Crippen molar-refractivity contribution in [2.24, 2.45) is 0 Å². The molecule has 0 radical (unpaired) electrons. The SMILES string of the molecule is CC1(c2ccccc2)c2ccccc2-c2c(-c3cc(-c4cccc(-c5ccc6sc7c(ccc8c9ccccc9ccc87)c6c5)c4)nc(-c4ccccc4)n3)cccc21. The van der Waals surface area contributed by atoms with E-state index >= 15 is 0 Å². The molecule has 276 valence electrons. The van der Waals surface area contributed by atoms with Crippen LogP contribution in [0.3, 0.4) is 0 Å². The fourth-order valence-corrected chi connectivity index (χ4v) is 10.9. The van der Waals surface area contributed by atoms with Crippen LogP contribution in [0.25, 0.3) is 97.9 Å². The van der Waals surface area contributed by atoms with Crippen molar-refractivity contribution in [3.05, 3.63) is 217 Å². The molecule has 2 nitrogen and oxygen atoms in total. The van der Waals surface area contributed by atoms with Crippen LogP contribution in [0.4, 0.5) is 0 Å². The zero-order valence-electron chi connectivity index (χ0n) is 32.4. The lowest BCUT2D eigenvalue weighted by Crippen LogP contribution is -2.22. The van der Waals surface area contributed by atoms with Gasteiger partial charge in [0.05, 0.1) is 11.4 Å². The van der Waals surface area contributed by atoms with E-state index in [2.05, 4.69) is 201 Å². The lowest BCUT2D eigenvalue weighted by atomic mass is 9.74. The predicted octanol–water partition coefficient (Wildman–Crippen LogP) is 15.2. The molecule has 0 fully saturated rings. The van der Waals surface area contributed by atoms with Crippen LogP contribution in [0.1, 0.15) is 23.6 Å². The largest absolute Gasteiger partial charge is 0.228 e. The third kappa shape index (κ3) is 5.25. The molecule has 0 spiro atoms. The highest BCUT2D eigenvalue weighted by atomic mass is 32.1. The number of fused-ring (bicyclic) bond motifs is 10. The molecule has 2 heterocycles. The Bertz CT molecular complexity index is 3460. The summed E-state index contributed by atoms with van der Waals surface area (Å²) in [6, 6.07) is 72.7. The average molecular weight is 769 g/mol. The Morgan fingerprint density at radius 2 is 1.05 bits per heavy atom. The van der Waals surface area contributed by atoms with Gasteiger partial charge < -0.3 is 0 Å². The quantitative estimate of drug-likeness (QED) is 0.163. The fraction of sp³-hybridized carbons (Fsp3) is 0.0357. The van der Waals surface area contributed by atoms with Gasteiger partial charge >= 0.3 is 0 Å². The fourth-order valence-electron chi connectivity index (χ4n) is 9.65. The summed E-state index contributed by atoms with van der Waals surface area (Å²) in [4.78, 5) is 10.6. The Morgan fingerprint density at radius 1 is 0.407 bits per heavy atom. The third-order valence-corrected chi connectivity index (χ3v) is 13.8. The number of hydrogen-bond donors (Lipinski definition) is 0. The summed E-state index contributed by atoms with van der Waals surface area (Å²) in [6.45, 7) is 2.36. The maximum absolute atomic E-state index is 5.34. The first-order valence-corrected chi connectivity index (χ1v) is 21.0. The lowest BCUT2D eigenvalue weighted by molar-refractivity contribution is 0.714. The standard InChI is InChI=1S/C56H36N2S/c1-56(40-19-6-3-7-20-40)48-24-11-10-22-45(48)53-46(23-13-25-49(53)56)51-34-50(57-55(58-51)36-15-4-2-5-16-36)39-18-12-17-37(32-39)38-27-31-52-47(33-38)44-30-29-42-41-21-9-8-14-35(41)26-28-43(42)54(44)59-52/h2-34H,1H3. The van der Waals surface area contributed by atoms with Gasteiger partial charge in [-0.15, -0.1) is 11.3 Å². The molecule has 2 aromatic heterocycles. The van der Waals surface area contributed by atoms with Crippen LogP contribution in [-0.2, 0) is 5.41 Å². The van der Waals surface area contributed by atoms with Crippen molar-refractivity contribution < 1.29 is 0 Å². The summed E-state index contributed by atoms with van der Waals surface area (Å²) in [5.41, 5.74) is 13.4. The van der Waals surface area contributed by atoms with Crippen LogP contribution in [0.5, 0.6) is 0 Å². The monoisotopic (exact) mass is 768 g/mol. The van der Waals surface area contributed by atoms with Crippen molar-refractivity contribution in [3.8, 4) is 56.2 Å². The molecule has 0 amide bonds. The van der Waals surface area contributed by atoms with E-state index in [1.54, 1.807) is 0 Å². The number of nitrogens with zero attached hydrogens (tertiary/aromatic N) is 2. The molecule has 12 rings (SSSR count). The summed E-state index contributed by atoms with van der Waals surface area (Å²) in [6.07, 6.45) is 0. The summed E-state index contributed by atoms with van der Waals surface area (Å²) >= 11 is 1.89. The van der Waals surface area contributed by atoms with E-state index in [0.29, 0.717) is 5.82 Å². The normalized spacial score (nSPS) is 14.6. The Morgan fingerprint density at radius 3 is 1.95 bits per heavy atom. The highest BCUT2D eigenvalue weighted by molar-refractivity contribution is 7.26. The highest BCUT2D eigenvalue weighted by Gasteiger charge is 2.41. The van der Waals surface area contributed by atoms with E-state index in [0.717, 1.165) is 33.6 Å². The smallest absolute Gasteiger partial charge is 0.160 e. The maximum atomic E-state index is 5.34. The Kier molecular flexibility index (Phi) is 7.57. The van der Waals surface area contributed by atoms with Crippen molar-refractivity contribution in [2.75, 3.05) is 0 Å². The van der Waals surface area contributed by atoms with Crippen LogP contribution in [0, 0.1) is 0 Å². The molecule has 9 aromatic carbocycles. The van der Waals surface area contributed by atoms with Crippen molar-refractivity contribution in [1.29, 1.82) is 0 Å². The van der Waals surface area contributed by atoms with E-state index < -0.39 is 0 Å². The van der Waals surface area contributed by atoms with Gasteiger partial charge in [0.15, 0.2) is 5.82 Å². The van der Waals surface area contributed by atoms with Gasteiger partial charge in [-0.25, -0.2) is 9.97 Å². The molecular weight excluding hydrogens is 733 g/mol. The minimum Gasteiger partial charge on any atom is -0.228 e. The second-order valence-corrected chi connectivity index (χ2v) is 16.9. The number of rotatable bonds is 5. The molecule has 11 aromatic rings. The number of thiophene rings is 1. The first-order valence-electron chi connectivity index (χ1n) is 20.2. The second-order valence-electron chi connectivity index (χ2n) is 15.8. The minimum absolute atomic E-state index is 0.300. The van der Waals surface area contributed by atoms with Gasteiger partial charge in [-0.1, -0.05) is 176 Å². The molecule has 1 unspecified atom stereocenters.